The molecule has 2 N–H and O–H groups in total. The number of rotatable bonds is 7. The van der Waals surface area contributed by atoms with Gasteiger partial charge in [0.2, 0.25) is 23.5 Å². The molecule has 2 aromatic rings. The maximum atomic E-state index is 12.1. The van der Waals surface area contributed by atoms with E-state index in [0.717, 1.165) is 31.2 Å². The van der Waals surface area contributed by atoms with E-state index in [2.05, 4.69) is 25.8 Å². The number of hydrogen-bond acceptors (Lipinski definition) is 6. The van der Waals surface area contributed by atoms with Gasteiger partial charge in [-0.2, -0.15) is 4.98 Å². The molecule has 3 rings (SSSR count). The summed E-state index contributed by atoms with van der Waals surface area (Å²) < 4.78 is 5.21. The Morgan fingerprint density at radius 2 is 2.04 bits per heavy atom. The summed E-state index contributed by atoms with van der Waals surface area (Å²) in [4.78, 5) is 32.2. The Balaban J connectivity index is 1.45. The lowest BCUT2D eigenvalue weighted by molar-refractivity contribution is -0.127. The molecule has 0 spiro atoms. The van der Waals surface area contributed by atoms with Crippen LogP contribution in [0.1, 0.15) is 57.4 Å². The summed E-state index contributed by atoms with van der Waals surface area (Å²) >= 11 is 0. The van der Waals surface area contributed by atoms with Gasteiger partial charge in [0.05, 0.1) is 0 Å². The van der Waals surface area contributed by atoms with E-state index >= 15 is 0 Å². The Morgan fingerprint density at radius 1 is 1.27 bits per heavy atom. The fraction of sp³-hybridized carbons (Fsp3) is 0.500. The van der Waals surface area contributed by atoms with Crippen molar-refractivity contribution < 1.29 is 14.1 Å². The summed E-state index contributed by atoms with van der Waals surface area (Å²) in [5.74, 6) is 0.439. The van der Waals surface area contributed by atoms with Crippen LogP contribution in [0.2, 0.25) is 0 Å². The van der Waals surface area contributed by atoms with Gasteiger partial charge in [-0.25, -0.2) is 0 Å². The first-order valence-electron chi connectivity index (χ1n) is 8.94. The normalized spacial score (nSPS) is 15.6. The standard InChI is InChI=1S/C18H23N5O3/c1-12(18-22-17(23-26-18)13-5-4-10-19-11-13)20-15(24)8-9-16(25)21-14-6-2-3-7-14/h4-5,10-12,14H,2-3,6-9H2,1H3,(H,20,24)(H,21,25)/t12-/m0/s1. The molecule has 8 nitrogen and oxygen atoms in total. The Kier molecular flexibility index (Phi) is 5.93. The smallest absolute Gasteiger partial charge is 0.249 e. The minimum absolute atomic E-state index is 0.0728. The molecule has 2 amide bonds. The third kappa shape index (κ3) is 4.87. The first kappa shape index (κ1) is 18.0. The molecule has 1 atom stereocenters. The van der Waals surface area contributed by atoms with Gasteiger partial charge < -0.3 is 15.2 Å². The SMILES string of the molecule is C[C@H](NC(=O)CCC(=O)NC1CCCC1)c1nc(-c2cccnc2)no1. The van der Waals surface area contributed by atoms with Gasteiger partial charge >= 0.3 is 0 Å². The van der Waals surface area contributed by atoms with Crippen molar-refractivity contribution in [1.82, 2.24) is 25.8 Å². The molecule has 0 bridgehead atoms. The molecule has 0 aliphatic heterocycles. The molecular weight excluding hydrogens is 334 g/mol. The predicted molar refractivity (Wildman–Crippen MR) is 93.7 cm³/mol. The second kappa shape index (κ2) is 8.55. The van der Waals surface area contributed by atoms with Gasteiger partial charge in [0.25, 0.3) is 0 Å². The lowest BCUT2D eigenvalue weighted by Crippen LogP contribution is -2.34. The number of pyridine rings is 1. The molecule has 0 radical (unpaired) electrons. The van der Waals surface area contributed by atoms with Crippen molar-refractivity contribution in [3.05, 3.63) is 30.4 Å². The lowest BCUT2D eigenvalue weighted by Gasteiger charge is -2.12. The van der Waals surface area contributed by atoms with Crippen molar-refractivity contribution in [2.24, 2.45) is 0 Å². The first-order valence-corrected chi connectivity index (χ1v) is 8.94. The minimum Gasteiger partial charge on any atom is -0.353 e. The number of nitrogens with one attached hydrogen (secondary N) is 2. The molecule has 8 heteroatoms. The molecule has 2 aromatic heterocycles. The highest BCUT2D eigenvalue weighted by Gasteiger charge is 2.20. The van der Waals surface area contributed by atoms with Crippen molar-refractivity contribution in [2.75, 3.05) is 0 Å². The van der Waals surface area contributed by atoms with Crippen molar-refractivity contribution in [2.45, 2.75) is 57.5 Å². The van der Waals surface area contributed by atoms with Gasteiger partial charge in [-0.1, -0.05) is 18.0 Å². The van der Waals surface area contributed by atoms with E-state index < -0.39 is 6.04 Å². The molecule has 2 heterocycles. The largest absolute Gasteiger partial charge is 0.353 e. The quantitative estimate of drug-likeness (QED) is 0.785. The second-order valence-electron chi connectivity index (χ2n) is 6.54. The highest BCUT2D eigenvalue weighted by atomic mass is 16.5. The van der Waals surface area contributed by atoms with Crippen LogP contribution in [0.15, 0.2) is 29.0 Å². The van der Waals surface area contributed by atoms with Gasteiger partial charge in [0, 0.05) is 36.8 Å². The van der Waals surface area contributed by atoms with Crippen LogP contribution in [0.25, 0.3) is 11.4 Å². The Labute approximate surface area is 151 Å². The fourth-order valence-corrected chi connectivity index (χ4v) is 3.00. The van der Waals surface area contributed by atoms with Crippen LogP contribution in [-0.2, 0) is 9.59 Å². The predicted octanol–water partition coefficient (Wildman–Crippen LogP) is 2.15. The second-order valence-corrected chi connectivity index (χ2v) is 6.54. The van der Waals surface area contributed by atoms with E-state index in [1.165, 1.54) is 0 Å². The Morgan fingerprint density at radius 3 is 2.77 bits per heavy atom. The average Bonchev–Trinajstić information content (AvgIpc) is 3.32. The third-order valence-corrected chi connectivity index (χ3v) is 4.41. The molecule has 138 valence electrons. The number of amides is 2. The topological polar surface area (TPSA) is 110 Å². The first-order chi connectivity index (χ1) is 12.6. The maximum Gasteiger partial charge on any atom is 0.249 e. The minimum atomic E-state index is -0.432. The zero-order valence-electron chi connectivity index (χ0n) is 14.8. The summed E-state index contributed by atoms with van der Waals surface area (Å²) in [5, 5.41) is 9.66. The number of nitrogens with zero attached hydrogens (tertiary/aromatic N) is 3. The highest BCUT2D eigenvalue weighted by molar-refractivity contribution is 5.84. The van der Waals surface area contributed by atoms with Gasteiger partial charge in [-0.3, -0.25) is 14.6 Å². The summed E-state index contributed by atoms with van der Waals surface area (Å²) in [6.07, 6.45) is 8.00. The number of carbonyl (C=O) groups excluding carboxylic acids is 2. The summed E-state index contributed by atoms with van der Waals surface area (Å²) in [5.41, 5.74) is 0.740. The molecule has 1 fully saturated rings. The zero-order chi connectivity index (χ0) is 18.4. The van der Waals surface area contributed by atoms with E-state index in [-0.39, 0.29) is 30.7 Å². The van der Waals surface area contributed by atoms with Gasteiger partial charge in [-0.05, 0) is 31.9 Å². The van der Waals surface area contributed by atoms with E-state index in [0.29, 0.717) is 11.7 Å². The Hall–Kier alpha value is -2.77. The van der Waals surface area contributed by atoms with E-state index in [9.17, 15) is 9.59 Å². The van der Waals surface area contributed by atoms with Crippen LogP contribution >= 0.6 is 0 Å². The average molecular weight is 357 g/mol. The van der Waals surface area contributed by atoms with Crippen LogP contribution in [0.5, 0.6) is 0 Å². The molecule has 0 unspecified atom stereocenters. The molecular formula is C18H23N5O3. The van der Waals surface area contributed by atoms with Gasteiger partial charge in [0.15, 0.2) is 0 Å². The van der Waals surface area contributed by atoms with Crippen LogP contribution in [0.3, 0.4) is 0 Å². The van der Waals surface area contributed by atoms with Crippen LogP contribution in [0.4, 0.5) is 0 Å². The number of aromatic nitrogens is 3. The lowest BCUT2D eigenvalue weighted by atomic mass is 10.2. The van der Waals surface area contributed by atoms with Crippen LogP contribution < -0.4 is 10.6 Å². The number of hydrogen-bond donors (Lipinski definition) is 2. The third-order valence-electron chi connectivity index (χ3n) is 4.41. The van der Waals surface area contributed by atoms with Crippen molar-refractivity contribution in [3.8, 4) is 11.4 Å². The molecule has 1 aliphatic carbocycles. The van der Waals surface area contributed by atoms with Crippen molar-refractivity contribution in [3.63, 3.8) is 0 Å². The number of carbonyl (C=O) groups is 2. The highest BCUT2D eigenvalue weighted by Crippen LogP contribution is 2.18. The zero-order valence-corrected chi connectivity index (χ0v) is 14.8. The maximum absolute atomic E-state index is 12.1. The summed E-state index contributed by atoms with van der Waals surface area (Å²) in [6, 6.07) is 3.45. The van der Waals surface area contributed by atoms with E-state index in [4.69, 9.17) is 4.52 Å². The monoisotopic (exact) mass is 357 g/mol. The fourth-order valence-electron chi connectivity index (χ4n) is 3.00. The molecule has 0 saturated heterocycles. The van der Waals surface area contributed by atoms with E-state index in [1.807, 2.05) is 6.07 Å². The summed E-state index contributed by atoms with van der Waals surface area (Å²) in [7, 11) is 0. The molecule has 26 heavy (non-hydrogen) atoms. The van der Waals surface area contributed by atoms with Gasteiger partial charge in [0.1, 0.15) is 6.04 Å². The summed E-state index contributed by atoms with van der Waals surface area (Å²) in [6.45, 7) is 1.76. The van der Waals surface area contributed by atoms with Crippen LogP contribution in [0, 0.1) is 0 Å². The van der Waals surface area contributed by atoms with Crippen molar-refractivity contribution in [1.29, 1.82) is 0 Å². The Bertz CT molecular complexity index is 740. The van der Waals surface area contributed by atoms with E-state index in [1.54, 1.807) is 25.4 Å². The van der Waals surface area contributed by atoms with Crippen LogP contribution in [-0.4, -0.2) is 33.0 Å². The molecule has 1 saturated carbocycles. The molecule has 0 aromatic carbocycles. The van der Waals surface area contributed by atoms with Crippen molar-refractivity contribution >= 4 is 11.8 Å². The molecule has 1 aliphatic rings. The van der Waals surface area contributed by atoms with Gasteiger partial charge in [-0.15, -0.1) is 0 Å².